The van der Waals surface area contributed by atoms with Crippen LogP contribution in [0, 0.1) is 0 Å². The van der Waals surface area contributed by atoms with Crippen molar-refractivity contribution in [2.75, 3.05) is 18.4 Å². The first-order valence-electron chi connectivity index (χ1n) is 8.56. The molecule has 2 aromatic heterocycles. The Morgan fingerprint density at radius 2 is 2.04 bits per heavy atom. The van der Waals surface area contributed by atoms with Gasteiger partial charge >= 0.3 is 0 Å². The second kappa shape index (κ2) is 8.81. The molecule has 3 amide bonds. The Balaban J connectivity index is 1.91. The number of hydrogen-bond donors (Lipinski definition) is 2. The number of carbonyl (C=O) groups is 3. The van der Waals surface area contributed by atoms with Gasteiger partial charge in [-0.3, -0.25) is 19.7 Å². The number of amides is 3. The fourth-order valence-corrected chi connectivity index (χ4v) is 2.99. The van der Waals surface area contributed by atoms with Gasteiger partial charge in [-0.15, -0.1) is 11.3 Å². The summed E-state index contributed by atoms with van der Waals surface area (Å²) in [6, 6.07) is 3.17. The summed E-state index contributed by atoms with van der Waals surface area (Å²) in [5.41, 5.74) is 0.185. The molecule has 0 radical (unpaired) electrons. The molecule has 0 atom stereocenters. The Labute approximate surface area is 162 Å². The highest BCUT2D eigenvalue weighted by atomic mass is 32.1. The second-order valence-electron chi connectivity index (χ2n) is 6.96. The lowest BCUT2D eigenvalue weighted by Gasteiger charge is -2.25. The van der Waals surface area contributed by atoms with Crippen LogP contribution >= 0.6 is 11.3 Å². The third-order valence-corrected chi connectivity index (χ3v) is 4.24. The molecular weight excluding hydrogens is 368 g/mol. The first-order valence-corrected chi connectivity index (χ1v) is 9.44. The lowest BCUT2D eigenvalue weighted by Crippen LogP contribution is -2.47. The third-order valence-electron chi connectivity index (χ3n) is 3.43. The van der Waals surface area contributed by atoms with Crippen molar-refractivity contribution in [2.24, 2.45) is 0 Å². The Kier molecular flexibility index (Phi) is 6.73. The van der Waals surface area contributed by atoms with Crippen molar-refractivity contribution in [2.45, 2.75) is 39.7 Å². The maximum Gasteiger partial charge on any atom is 0.293 e. The van der Waals surface area contributed by atoms with Gasteiger partial charge in [0.25, 0.3) is 5.91 Å². The lowest BCUT2D eigenvalue weighted by molar-refractivity contribution is -0.135. The molecule has 2 rings (SSSR count). The highest BCUT2D eigenvalue weighted by Gasteiger charge is 2.20. The van der Waals surface area contributed by atoms with Crippen LogP contribution in [0.25, 0.3) is 0 Å². The smallest absolute Gasteiger partial charge is 0.293 e. The fraction of sp³-hybridized carbons (Fsp3) is 0.444. The molecule has 0 aliphatic carbocycles. The molecule has 0 bridgehead atoms. The quantitative estimate of drug-likeness (QED) is 0.752. The fourth-order valence-electron chi connectivity index (χ4n) is 2.29. The zero-order valence-electron chi connectivity index (χ0n) is 15.9. The number of rotatable bonds is 7. The molecule has 8 nitrogen and oxygen atoms in total. The van der Waals surface area contributed by atoms with Crippen LogP contribution in [0.1, 0.15) is 43.9 Å². The molecule has 2 N–H and O–H groups in total. The van der Waals surface area contributed by atoms with Crippen LogP contribution in [0.4, 0.5) is 5.13 Å². The molecule has 9 heteroatoms. The van der Waals surface area contributed by atoms with Gasteiger partial charge in [-0.2, -0.15) is 0 Å². The summed E-state index contributed by atoms with van der Waals surface area (Å²) in [5, 5.41) is 7.55. The van der Waals surface area contributed by atoms with E-state index in [2.05, 4.69) is 15.6 Å². The molecule has 0 saturated heterocycles. The van der Waals surface area contributed by atoms with E-state index in [1.54, 1.807) is 17.5 Å². The topological polar surface area (TPSA) is 105 Å². The van der Waals surface area contributed by atoms with E-state index >= 15 is 0 Å². The minimum Gasteiger partial charge on any atom is -0.459 e. The highest BCUT2D eigenvalue weighted by molar-refractivity contribution is 7.14. The first kappa shape index (κ1) is 20.6. The lowest BCUT2D eigenvalue weighted by atomic mass is 10.1. The number of hydrogen-bond acceptors (Lipinski definition) is 6. The first-order chi connectivity index (χ1) is 12.7. The molecule has 2 heterocycles. The van der Waals surface area contributed by atoms with Gasteiger partial charge in [0.1, 0.15) is 0 Å². The van der Waals surface area contributed by atoms with Crippen molar-refractivity contribution in [1.29, 1.82) is 0 Å². The van der Waals surface area contributed by atoms with Gasteiger partial charge < -0.3 is 14.6 Å². The predicted molar refractivity (Wildman–Crippen MR) is 103 cm³/mol. The van der Waals surface area contributed by atoms with Gasteiger partial charge in [-0.1, -0.05) is 0 Å². The average molecular weight is 392 g/mol. The van der Waals surface area contributed by atoms with Crippen LogP contribution < -0.4 is 10.6 Å². The molecule has 0 fully saturated rings. The summed E-state index contributed by atoms with van der Waals surface area (Å²) in [4.78, 5) is 42.2. The summed E-state index contributed by atoms with van der Waals surface area (Å²) in [6.07, 6.45) is 1.47. The van der Waals surface area contributed by atoms with E-state index in [0.29, 0.717) is 17.4 Å². The zero-order chi connectivity index (χ0) is 20.0. The van der Waals surface area contributed by atoms with E-state index in [1.807, 2.05) is 27.7 Å². The van der Waals surface area contributed by atoms with Crippen molar-refractivity contribution in [3.63, 3.8) is 0 Å². The predicted octanol–water partition coefficient (Wildman–Crippen LogP) is 2.29. The minimum absolute atomic E-state index is 0.00116. The van der Waals surface area contributed by atoms with E-state index in [0.717, 1.165) is 0 Å². The third kappa shape index (κ3) is 6.52. The normalized spacial score (nSPS) is 11.1. The van der Waals surface area contributed by atoms with Crippen molar-refractivity contribution in [1.82, 2.24) is 15.2 Å². The summed E-state index contributed by atoms with van der Waals surface area (Å²) >= 11 is 1.22. The molecule has 27 heavy (non-hydrogen) atoms. The zero-order valence-corrected chi connectivity index (χ0v) is 16.7. The van der Waals surface area contributed by atoms with Crippen molar-refractivity contribution < 1.29 is 18.8 Å². The van der Waals surface area contributed by atoms with E-state index < -0.39 is 5.91 Å². The van der Waals surface area contributed by atoms with Crippen molar-refractivity contribution in [3.8, 4) is 0 Å². The molecule has 0 aliphatic rings. The molecule has 0 aliphatic heterocycles. The van der Waals surface area contributed by atoms with Gasteiger partial charge in [0, 0.05) is 17.5 Å². The van der Waals surface area contributed by atoms with Crippen molar-refractivity contribution >= 4 is 34.2 Å². The van der Waals surface area contributed by atoms with E-state index in [1.165, 1.54) is 22.5 Å². The van der Waals surface area contributed by atoms with Crippen LogP contribution in [0.15, 0.2) is 28.2 Å². The molecule has 2 aromatic rings. The van der Waals surface area contributed by atoms with E-state index in [-0.39, 0.29) is 36.1 Å². The number of carbonyl (C=O) groups excluding carboxylic acids is 3. The summed E-state index contributed by atoms with van der Waals surface area (Å²) in [5.74, 6) is -0.621. The number of likely N-dealkylation sites (N-methyl/N-ethyl adjacent to an activating group) is 1. The van der Waals surface area contributed by atoms with Gasteiger partial charge in [-0.25, -0.2) is 4.98 Å². The maximum absolute atomic E-state index is 12.5. The standard InChI is InChI=1S/C18H24N4O4S/c1-5-22(10-14(23)21-18(2,3)4)15(24)9-12-11-27-17(19-12)20-16(25)13-7-6-8-26-13/h6-8,11H,5,9-10H2,1-4H3,(H,21,23)(H,19,20,25). The maximum atomic E-state index is 12.5. The van der Waals surface area contributed by atoms with Gasteiger partial charge in [0.15, 0.2) is 10.9 Å². The number of anilines is 1. The summed E-state index contributed by atoms with van der Waals surface area (Å²) in [7, 11) is 0. The average Bonchev–Trinajstić information content (AvgIpc) is 3.22. The van der Waals surface area contributed by atoms with Crippen molar-refractivity contribution in [3.05, 3.63) is 35.2 Å². The van der Waals surface area contributed by atoms with E-state index in [4.69, 9.17) is 4.42 Å². The SMILES string of the molecule is CCN(CC(=O)NC(C)(C)C)C(=O)Cc1csc(NC(=O)c2ccco2)n1. The monoisotopic (exact) mass is 392 g/mol. The van der Waals surface area contributed by atoms with Crippen LogP contribution in [0.3, 0.4) is 0 Å². The molecule has 0 saturated carbocycles. The Bertz CT molecular complexity index is 793. The second-order valence-corrected chi connectivity index (χ2v) is 7.82. The minimum atomic E-state index is -0.402. The highest BCUT2D eigenvalue weighted by Crippen LogP contribution is 2.17. The molecule has 0 unspecified atom stereocenters. The number of aromatic nitrogens is 1. The Hall–Kier alpha value is -2.68. The van der Waals surface area contributed by atoms with Crippen LogP contribution in [-0.4, -0.2) is 46.2 Å². The molecule has 0 spiro atoms. The van der Waals surface area contributed by atoms with Gasteiger partial charge in [0.2, 0.25) is 11.8 Å². The summed E-state index contributed by atoms with van der Waals surface area (Å²) < 4.78 is 5.02. The molecular formula is C18H24N4O4S. The number of furan rings is 1. The molecule has 0 aromatic carbocycles. The van der Waals surface area contributed by atoms with Gasteiger partial charge in [-0.05, 0) is 39.8 Å². The largest absolute Gasteiger partial charge is 0.459 e. The number of thiazole rings is 1. The number of nitrogens with zero attached hydrogens (tertiary/aromatic N) is 2. The number of nitrogens with one attached hydrogen (secondary N) is 2. The summed E-state index contributed by atoms with van der Waals surface area (Å²) in [6.45, 7) is 7.89. The van der Waals surface area contributed by atoms with Crippen LogP contribution in [0.5, 0.6) is 0 Å². The van der Waals surface area contributed by atoms with Crippen LogP contribution in [-0.2, 0) is 16.0 Å². The van der Waals surface area contributed by atoms with E-state index in [9.17, 15) is 14.4 Å². The van der Waals surface area contributed by atoms with Crippen LogP contribution in [0.2, 0.25) is 0 Å². The molecule has 146 valence electrons. The Morgan fingerprint density at radius 1 is 1.30 bits per heavy atom. The Morgan fingerprint density at radius 3 is 2.63 bits per heavy atom. The van der Waals surface area contributed by atoms with Gasteiger partial charge in [0.05, 0.1) is 24.9 Å².